The zero-order valence-electron chi connectivity index (χ0n) is 9.03. The molecule has 80 valence electrons. The number of hydrogen-bond donors (Lipinski definition) is 2. The zero-order chi connectivity index (χ0) is 10.7. The predicted molar refractivity (Wildman–Crippen MR) is 62.7 cm³/mol. The molecule has 0 aliphatic rings. The van der Waals surface area contributed by atoms with Crippen LogP contribution in [0.3, 0.4) is 0 Å². The van der Waals surface area contributed by atoms with Gasteiger partial charge < -0.3 is 10.7 Å². The van der Waals surface area contributed by atoms with Crippen molar-refractivity contribution in [1.82, 2.24) is 9.97 Å². The van der Waals surface area contributed by atoms with E-state index in [1.807, 2.05) is 25.1 Å². The summed E-state index contributed by atoms with van der Waals surface area (Å²) in [6.45, 7) is 2.04. The van der Waals surface area contributed by atoms with E-state index >= 15 is 0 Å². The van der Waals surface area contributed by atoms with Gasteiger partial charge in [-0.05, 0) is 31.9 Å². The molecular weight excluding hydrogens is 186 g/mol. The molecule has 1 atom stereocenters. The zero-order valence-corrected chi connectivity index (χ0v) is 9.03. The minimum absolute atomic E-state index is 0.286. The first-order chi connectivity index (χ1) is 7.25. The van der Waals surface area contributed by atoms with Crippen molar-refractivity contribution in [3.8, 4) is 0 Å². The lowest BCUT2D eigenvalue weighted by molar-refractivity contribution is 0.616. The molecule has 2 aromatic rings. The Morgan fingerprint density at radius 3 is 2.93 bits per heavy atom. The summed E-state index contributed by atoms with van der Waals surface area (Å²) in [5.41, 5.74) is 7.87. The van der Waals surface area contributed by atoms with Crippen molar-refractivity contribution in [2.24, 2.45) is 5.73 Å². The van der Waals surface area contributed by atoms with Crippen LogP contribution in [-0.4, -0.2) is 16.0 Å². The molecule has 2 rings (SSSR count). The number of nitrogens with zero attached hydrogens (tertiary/aromatic N) is 1. The second-order valence-electron chi connectivity index (χ2n) is 4.07. The van der Waals surface area contributed by atoms with Gasteiger partial charge >= 0.3 is 0 Å². The summed E-state index contributed by atoms with van der Waals surface area (Å²) in [7, 11) is 0. The average molecular weight is 203 g/mol. The van der Waals surface area contributed by atoms with Crippen LogP contribution >= 0.6 is 0 Å². The molecule has 3 N–H and O–H groups in total. The maximum Gasteiger partial charge on any atom is 0.107 e. The maximum absolute atomic E-state index is 5.70. The number of hydrogen-bond acceptors (Lipinski definition) is 2. The van der Waals surface area contributed by atoms with Crippen molar-refractivity contribution in [2.45, 2.75) is 32.2 Å². The summed E-state index contributed by atoms with van der Waals surface area (Å²) in [5.74, 6) is 1.07. The smallest absolute Gasteiger partial charge is 0.107 e. The number of aromatic nitrogens is 2. The highest BCUT2D eigenvalue weighted by Crippen LogP contribution is 2.11. The summed E-state index contributed by atoms with van der Waals surface area (Å²) in [4.78, 5) is 7.83. The third-order valence-corrected chi connectivity index (χ3v) is 2.51. The van der Waals surface area contributed by atoms with Gasteiger partial charge in [-0.15, -0.1) is 0 Å². The van der Waals surface area contributed by atoms with Crippen LogP contribution in [0.4, 0.5) is 0 Å². The molecule has 0 saturated carbocycles. The van der Waals surface area contributed by atoms with Crippen molar-refractivity contribution in [3.63, 3.8) is 0 Å². The third-order valence-electron chi connectivity index (χ3n) is 2.51. The first kappa shape index (κ1) is 10.2. The van der Waals surface area contributed by atoms with Crippen molar-refractivity contribution < 1.29 is 0 Å². The molecule has 0 radical (unpaired) electrons. The highest BCUT2D eigenvalue weighted by Gasteiger charge is 2.02. The van der Waals surface area contributed by atoms with E-state index in [9.17, 15) is 0 Å². The molecule has 1 aromatic heterocycles. The van der Waals surface area contributed by atoms with Crippen LogP contribution in [-0.2, 0) is 6.42 Å². The van der Waals surface area contributed by atoms with Gasteiger partial charge in [0, 0.05) is 12.5 Å². The van der Waals surface area contributed by atoms with E-state index in [0.717, 1.165) is 36.1 Å². The Bertz CT molecular complexity index is 398. The summed E-state index contributed by atoms with van der Waals surface area (Å²) >= 11 is 0. The van der Waals surface area contributed by atoms with Gasteiger partial charge in [0.15, 0.2) is 0 Å². The molecule has 1 aromatic carbocycles. The van der Waals surface area contributed by atoms with Gasteiger partial charge in [0.2, 0.25) is 0 Å². The van der Waals surface area contributed by atoms with Crippen LogP contribution in [0, 0.1) is 0 Å². The molecule has 3 heteroatoms. The van der Waals surface area contributed by atoms with Gasteiger partial charge in [-0.3, -0.25) is 0 Å². The SMILES string of the molecule is CC(N)CCCc1nc2ccccc2[nH]1. The van der Waals surface area contributed by atoms with E-state index < -0.39 is 0 Å². The fraction of sp³-hybridized carbons (Fsp3) is 0.417. The van der Waals surface area contributed by atoms with Crippen LogP contribution in [0.1, 0.15) is 25.6 Å². The molecule has 0 fully saturated rings. The molecule has 0 spiro atoms. The van der Waals surface area contributed by atoms with Crippen molar-refractivity contribution in [2.75, 3.05) is 0 Å². The Balaban J connectivity index is 2.03. The van der Waals surface area contributed by atoms with E-state index in [1.54, 1.807) is 0 Å². The number of nitrogens with one attached hydrogen (secondary N) is 1. The summed E-state index contributed by atoms with van der Waals surface area (Å²) in [5, 5.41) is 0. The second-order valence-corrected chi connectivity index (χ2v) is 4.07. The lowest BCUT2D eigenvalue weighted by Gasteiger charge is -2.01. The molecule has 0 amide bonds. The number of para-hydroxylation sites is 2. The molecular formula is C12H17N3. The lowest BCUT2D eigenvalue weighted by atomic mass is 10.1. The van der Waals surface area contributed by atoms with Crippen molar-refractivity contribution in [3.05, 3.63) is 30.1 Å². The van der Waals surface area contributed by atoms with Gasteiger partial charge in [-0.1, -0.05) is 12.1 Å². The minimum Gasteiger partial charge on any atom is -0.342 e. The summed E-state index contributed by atoms with van der Waals surface area (Å²) in [6, 6.07) is 8.40. The summed E-state index contributed by atoms with van der Waals surface area (Å²) in [6.07, 6.45) is 3.13. The number of benzene rings is 1. The van der Waals surface area contributed by atoms with Crippen molar-refractivity contribution in [1.29, 1.82) is 0 Å². The van der Waals surface area contributed by atoms with Gasteiger partial charge in [0.1, 0.15) is 5.82 Å². The number of aryl methyl sites for hydroxylation is 1. The van der Waals surface area contributed by atoms with E-state index in [-0.39, 0.29) is 6.04 Å². The first-order valence-corrected chi connectivity index (χ1v) is 5.45. The Kier molecular flexibility index (Phi) is 3.02. The Labute approximate surface area is 89.7 Å². The minimum atomic E-state index is 0.286. The largest absolute Gasteiger partial charge is 0.342 e. The Morgan fingerprint density at radius 2 is 2.20 bits per heavy atom. The Morgan fingerprint density at radius 1 is 1.40 bits per heavy atom. The second kappa shape index (κ2) is 4.45. The molecule has 1 heterocycles. The first-order valence-electron chi connectivity index (χ1n) is 5.45. The van der Waals surface area contributed by atoms with E-state index in [2.05, 4.69) is 16.0 Å². The van der Waals surface area contributed by atoms with Crippen LogP contribution < -0.4 is 5.73 Å². The lowest BCUT2D eigenvalue weighted by Crippen LogP contribution is -2.14. The van der Waals surface area contributed by atoms with E-state index in [0.29, 0.717) is 0 Å². The number of nitrogens with two attached hydrogens (primary N) is 1. The predicted octanol–water partition coefficient (Wildman–Crippen LogP) is 2.23. The van der Waals surface area contributed by atoms with Gasteiger partial charge in [-0.2, -0.15) is 0 Å². The van der Waals surface area contributed by atoms with E-state index in [4.69, 9.17) is 5.73 Å². The van der Waals surface area contributed by atoms with Crippen LogP contribution in [0.5, 0.6) is 0 Å². The number of imidazole rings is 1. The summed E-state index contributed by atoms with van der Waals surface area (Å²) < 4.78 is 0. The maximum atomic E-state index is 5.70. The molecule has 0 aliphatic carbocycles. The van der Waals surface area contributed by atoms with Gasteiger partial charge in [0.25, 0.3) is 0 Å². The number of aromatic amines is 1. The van der Waals surface area contributed by atoms with Crippen molar-refractivity contribution >= 4 is 11.0 Å². The molecule has 1 unspecified atom stereocenters. The van der Waals surface area contributed by atoms with Crippen LogP contribution in [0.15, 0.2) is 24.3 Å². The highest BCUT2D eigenvalue weighted by molar-refractivity contribution is 5.74. The standard InChI is InChI=1S/C12H17N3/c1-9(13)5-4-8-12-14-10-6-2-3-7-11(10)15-12/h2-3,6-7,9H,4-5,8,13H2,1H3,(H,14,15). The van der Waals surface area contributed by atoms with Crippen LogP contribution in [0.25, 0.3) is 11.0 Å². The van der Waals surface area contributed by atoms with E-state index in [1.165, 1.54) is 0 Å². The fourth-order valence-electron chi connectivity index (χ4n) is 1.72. The number of fused-ring (bicyclic) bond motifs is 1. The normalized spacial score (nSPS) is 13.2. The quantitative estimate of drug-likeness (QED) is 0.800. The number of H-pyrrole nitrogens is 1. The topological polar surface area (TPSA) is 54.7 Å². The fourth-order valence-corrected chi connectivity index (χ4v) is 1.72. The molecule has 15 heavy (non-hydrogen) atoms. The van der Waals surface area contributed by atoms with Crippen LogP contribution in [0.2, 0.25) is 0 Å². The molecule has 0 aliphatic heterocycles. The molecule has 3 nitrogen and oxygen atoms in total. The molecule has 0 bridgehead atoms. The number of rotatable bonds is 4. The van der Waals surface area contributed by atoms with Gasteiger partial charge in [-0.25, -0.2) is 4.98 Å². The highest BCUT2D eigenvalue weighted by atomic mass is 14.9. The van der Waals surface area contributed by atoms with Gasteiger partial charge in [0.05, 0.1) is 11.0 Å². The third kappa shape index (κ3) is 2.57. The average Bonchev–Trinajstić information content (AvgIpc) is 2.59. The Hall–Kier alpha value is -1.35. The molecule has 0 saturated heterocycles. The monoisotopic (exact) mass is 203 g/mol.